The molecule has 19 heavy (non-hydrogen) atoms. The lowest BCUT2D eigenvalue weighted by molar-refractivity contribution is -0.121. The molecule has 1 aliphatic heterocycles. The summed E-state index contributed by atoms with van der Waals surface area (Å²) in [4.78, 5) is 14.4. The number of carbonyl (C=O) groups excluding carboxylic acids is 1. The maximum atomic E-state index is 12.1. The summed E-state index contributed by atoms with van der Waals surface area (Å²) in [6, 6.07) is 7.54. The first-order chi connectivity index (χ1) is 9.19. The van der Waals surface area contributed by atoms with E-state index in [0.29, 0.717) is 6.61 Å². The highest BCUT2D eigenvalue weighted by Gasteiger charge is 2.23. The molecule has 0 unspecified atom stereocenters. The van der Waals surface area contributed by atoms with E-state index < -0.39 is 0 Å². The van der Waals surface area contributed by atoms with Gasteiger partial charge in [0.15, 0.2) is 0 Å². The van der Waals surface area contributed by atoms with Crippen molar-refractivity contribution in [3.05, 3.63) is 24.3 Å². The molecular weight excluding hydrogens is 240 g/mol. The molecule has 0 atom stereocenters. The molecule has 104 valence electrons. The highest BCUT2D eigenvalue weighted by molar-refractivity contribution is 5.92. The van der Waals surface area contributed by atoms with Crippen LogP contribution in [0, 0.1) is 5.92 Å². The highest BCUT2D eigenvalue weighted by Crippen LogP contribution is 2.20. The van der Waals surface area contributed by atoms with Crippen molar-refractivity contribution in [3.63, 3.8) is 0 Å². The number of hydrogen-bond donors (Lipinski definition) is 1. The summed E-state index contributed by atoms with van der Waals surface area (Å²) >= 11 is 0. The Bertz CT molecular complexity index is 409. The van der Waals surface area contributed by atoms with Gasteiger partial charge in [-0.25, -0.2) is 0 Å². The summed E-state index contributed by atoms with van der Waals surface area (Å²) in [6.07, 6.45) is 1.89. The molecule has 0 saturated carbocycles. The summed E-state index contributed by atoms with van der Waals surface area (Å²) in [6.45, 7) is 4.61. The number of piperidine rings is 1. The fourth-order valence-corrected chi connectivity index (χ4v) is 2.32. The highest BCUT2D eigenvalue weighted by atomic mass is 16.5. The largest absolute Gasteiger partial charge is 0.494 e. The second-order valence-electron chi connectivity index (χ2n) is 5.02. The summed E-state index contributed by atoms with van der Waals surface area (Å²) < 4.78 is 5.38. The van der Waals surface area contributed by atoms with Gasteiger partial charge in [0.25, 0.3) is 0 Å². The van der Waals surface area contributed by atoms with Gasteiger partial charge in [-0.05, 0) is 64.2 Å². The van der Waals surface area contributed by atoms with Crippen LogP contribution in [0.5, 0.6) is 5.75 Å². The molecule has 1 aromatic rings. The first kappa shape index (κ1) is 13.9. The Morgan fingerprint density at radius 2 is 1.95 bits per heavy atom. The monoisotopic (exact) mass is 262 g/mol. The van der Waals surface area contributed by atoms with Crippen LogP contribution < -0.4 is 10.1 Å². The second-order valence-corrected chi connectivity index (χ2v) is 5.02. The fourth-order valence-electron chi connectivity index (χ4n) is 2.32. The minimum Gasteiger partial charge on any atom is -0.494 e. The topological polar surface area (TPSA) is 41.6 Å². The van der Waals surface area contributed by atoms with Gasteiger partial charge in [0, 0.05) is 11.6 Å². The van der Waals surface area contributed by atoms with Crippen molar-refractivity contribution in [1.82, 2.24) is 4.90 Å². The van der Waals surface area contributed by atoms with E-state index in [2.05, 4.69) is 17.3 Å². The molecule has 0 spiro atoms. The van der Waals surface area contributed by atoms with Gasteiger partial charge in [-0.3, -0.25) is 4.79 Å². The van der Waals surface area contributed by atoms with Crippen LogP contribution in [0.1, 0.15) is 19.8 Å². The maximum Gasteiger partial charge on any atom is 0.227 e. The molecule has 1 aromatic carbocycles. The predicted octanol–water partition coefficient (Wildman–Crippen LogP) is 2.37. The third kappa shape index (κ3) is 3.96. The third-order valence-corrected chi connectivity index (χ3v) is 3.52. The van der Waals surface area contributed by atoms with Gasteiger partial charge < -0.3 is 15.0 Å². The second kappa shape index (κ2) is 6.57. The number of anilines is 1. The number of amides is 1. The lowest BCUT2D eigenvalue weighted by Crippen LogP contribution is -2.35. The first-order valence-electron chi connectivity index (χ1n) is 6.91. The molecule has 2 rings (SSSR count). The van der Waals surface area contributed by atoms with E-state index >= 15 is 0 Å². The molecular formula is C15H22N2O2. The van der Waals surface area contributed by atoms with Crippen LogP contribution in [-0.2, 0) is 4.79 Å². The van der Waals surface area contributed by atoms with Crippen LogP contribution >= 0.6 is 0 Å². The van der Waals surface area contributed by atoms with Crippen molar-refractivity contribution in [2.75, 3.05) is 32.1 Å². The van der Waals surface area contributed by atoms with Crippen molar-refractivity contribution < 1.29 is 9.53 Å². The summed E-state index contributed by atoms with van der Waals surface area (Å²) in [5.41, 5.74) is 0.840. The number of carbonyl (C=O) groups is 1. The van der Waals surface area contributed by atoms with Crippen molar-refractivity contribution in [2.24, 2.45) is 5.92 Å². The van der Waals surface area contributed by atoms with Gasteiger partial charge in [-0.2, -0.15) is 0 Å². The molecule has 1 aliphatic rings. The third-order valence-electron chi connectivity index (χ3n) is 3.52. The number of ether oxygens (including phenoxy) is 1. The Balaban J connectivity index is 1.88. The Morgan fingerprint density at radius 1 is 1.32 bits per heavy atom. The molecule has 1 saturated heterocycles. The minimum atomic E-state index is 0.136. The normalized spacial score (nSPS) is 17.2. The zero-order valence-electron chi connectivity index (χ0n) is 11.7. The summed E-state index contributed by atoms with van der Waals surface area (Å²) in [7, 11) is 2.10. The van der Waals surface area contributed by atoms with Gasteiger partial charge in [0.2, 0.25) is 5.91 Å². The number of nitrogens with one attached hydrogen (secondary N) is 1. The number of likely N-dealkylation sites (tertiary alicyclic amines) is 1. The number of nitrogens with zero attached hydrogens (tertiary/aromatic N) is 1. The molecule has 1 fully saturated rings. The van der Waals surface area contributed by atoms with E-state index in [1.54, 1.807) is 0 Å². The van der Waals surface area contributed by atoms with Crippen LogP contribution in [0.25, 0.3) is 0 Å². The Morgan fingerprint density at radius 3 is 2.53 bits per heavy atom. The molecule has 0 radical (unpaired) electrons. The standard InChI is InChI=1S/C15H22N2O2/c1-3-19-14-6-4-13(5-7-14)16-15(18)12-8-10-17(2)11-9-12/h4-7,12H,3,8-11H2,1-2H3,(H,16,18). The Labute approximate surface area is 114 Å². The zero-order chi connectivity index (χ0) is 13.7. The molecule has 0 aliphatic carbocycles. The molecule has 0 bridgehead atoms. The Kier molecular flexibility index (Phi) is 4.80. The van der Waals surface area contributed by atoms with E-state index in [0.717, 1.165) is 37.4 Å². The van der Waals surface area contributed by atoms with Gasteiger partial charge in [0.1, 0.15) is 5.75 Å². The van der Waals surface area contributed by atoms with Crippen LogP contribution in [0.4, 0.5) is 5.69 Å². The van der Waals surface area contributed by atoms with E-state index in [1.165, 1.54) is 0 Å². The zero-order valence-corrected chi connectivity index (χ0v) is 11.7. The van der Waals surface area contributed by atoms with Crippen LogP contribution in [0.3, 0.4) is 0 Å². The number of hydrogen-bond acceptors (Lipinski definition) is 3. The van der Waals surface area contributed by atoms with E-state index in [-0.39, 0.29) is 11.8 Å². The van der Waals surface area contributed by atoms with E-state index in [1.807, 2.05) is 31.2 Å². The predicted molar refractivity (Wildman–Crippen MR) is 76.5 cm³/mol. The molecule has 1 amide bonds. The maximum absolute atomic E-state index is 12.1. The summed E-state index contributed by atoms with van der Waals surface area (Å²) in [5, 5.41) is 2.98. The molecule has 4 heteroatoms. The fraction of sp³-hybridized carbons (Fsp3) is 0.533. The first-order valence-corrected chi connectivity index (χ1v) is 6.91. The minimum absolute atomic E-state index is 0.136. The smallest absolute Gasteiger partial charge is 0.227 e. The quantitative estimate of drug-likeness (QED) is 0.905. The van der Waals surface area contributed by atoms with E-state index in [9.17, 15) is 4.79 Å². The number of rotatable bonds is 4. The van der Waals surface area contributed by atoms with Crippen molar-refractivity contribution >= 4 is 11.6 Å². The molecule has 4 nitrogen and oxygen atoms in total. The average molecular weight is 262 g/mol. The summed E-state index contributed by atoms with van der Waals surface area (Å²) in [5.74, 6) is 1.11. The van der Waals surface area contributed by atoms with Crippen molar-refractivity contribution in [1.29, 1.82) is 0 Å². The van der Waals surface area contributed by atoms with Crippen LogP contribution in [0.15, 0.2) is 24.3 Å². The lowest BCUT2D eigenvalue weighted by atomic mass is 9.96. The molecule has 1 heterocycles. The SMILES string of the molecule is CCOc1ccc(NC(=O)C2CCN(C)CC2)cc1. The van der Waals surface area contributed by atoms with E-state index in [4.69, 9.17) is 4.74 Å². The van der Waals surface area contributed by atoms with Gasteiger partial charge in [-0.1, -0.05) is 0 Å². The van der Waals surface area contributed by atoms with Gasteiger partial charge >= 0.3 is 0 Å². The van der Waals surface area contributed by atoms with Crippen molar-refractivity contribution in [3.8, 4) is 5.75 Å². The Hall–Kier alpha value is -1.55. The van der Waals surface area contributed by atoms with Gasteiger partial charge in [-0.15, -0.1) is 0 Å². The lowest BCUT2D eigenvalue weighted by Gasteiger charge is -2.28. The molecule has 0 aromatic heterocycles. The molecule has 1 N–H and O–H groups in total. The average Bonchev–Trinajstić information content (AvgIpc) is 2.42. The van der Waals surface area contributed by atoms with Crippen molar-refractivity contribution in [2.45, 2.75) is 19.8 Å². The number of benzene rings is 1. The van der Waals surface area contributed by atoms with Gasteiger partial charge in [0.05, 0.1) is 6.61 Å². The van der Waals surface area contributed by atoms with Crippen LogP contribution in [0.2, 0.25) is 0 Å². The van der Waals surface area contributed by atoms with Crippen LogP contribution in [-0.4, -0.2) is 37.6 Å².